The van der Waals surface area contributed by atoms with Gasteiger partial charge in [-0.05, 0) is 47.9 Å². The number of amides is 1. The van der Waals surface area contributed by atoms with Crippen molar-refractivity contribution < 1.29 is 14.3 Å². The van der Waals surface area contributed by atoms with Crippen LogP contribution >= 0.6 is 24.0 Å². The molecule has 1 heterocycles. The number of esters is 1. The summed E-state index contributed by atoms with van der Waals surface area (Å²) in [4.78, 5) is 26.4. The molecule has 0 N–H and O–H groups in total. The highest BCUT2D eigenvalue weighted by Crippen LogP contribution is 2.36. The third-order valence-corrected chi connectivity index (χ3v) is 5.33. The SMILES string of the molecule is CCc1ccc(/C=C2\SC(=S)N(c3ccc(C(=O)OC)cc3)C2=O)cc1. The monoisotopic (exact) mass is 383 g/mol. The van der Waals surface area contributed by atoms with E-state index in [0.717, 1.165) is 12.0 Å². The molecule has 1 fully saturated rings. The lowest BCUT2D eigenvalue weighted by Gasteiger charge is -2.14. The summed E-state index contributed by atoms with van der Waals surface area (Å²) in [7, 11) is 1.33. The number of hydrogen-bond donors (Lipinski definition) is 0. The van der Waals surface area contributed by atoms with Gasteiger partial charge < -0.3 is 4.74 Å². The van der Waals surface area contributed by atoms with Crippen LogP contribution in [-0.2, 0) is 16.0 Å². The number of methoxy groups -OCH3 is 1. The van der Waals surface area contributed by atoms with Crippen molar-refractivity contribution >= 4 is 51.9 Å². The number of thiocarbonyl (C=S) groups is 1. The largest absolute Gasteiger partial charge is 0.465 e. The first kappa shape index (κ1) is 18.4. The third-order valence-electron chi connectivity index (χ3n) is 4.03. The summed E-state index contributed by atoms with van der Waals surface area (Å²) in [6.07, 6.45) is 2.82. The van der Waals surface area contributed by atoms with Gasteiger partial charge in [0.05, 0.1) is 23.3 Å². The molecule has 132 valence electrons. The first-order valence-corrected chi connectivity index (χ1v) is 9.31. The van der Waals surface area contributed by atoms with Crippen molar-refractivity contribution in [3.63, 3.8) is 0 Å². The van der Waals surface area contributed by atoms with Gasteiger partial charge in [0.2, 0.25) is 0 Å². The van der Waals surface area contributed by atoms with E-state index in [9.17, 15) is 9.59 Å². The molecule has 2 aromatic rings. The van der Waals surface area contributed by atoms with Crippen LogP contribution in [0.25, 0.3) is 6.08 Å². The zero-order valence-corrected chi connectivity index (χ0v) is 16.0. The second-order valence-corrected chi connectivity index (χ2v) is 7.33. The molecule has 0 saturated carbocycles. The van der Waals surface area contributed by atoms with E-state index in [1.165, 1.54) is 29.3 Å². The maximum atomic E-state index is 12.8. The highest BCUT2D eigenvalue weighted by Gasteiger charge is 2.33. The van der Waals surface area contributed by atoms with Crippen molar-refractivity contribution in [2.45, 2.75) is 13.3 Å². The number of thioether (sulfide) groups is 1. The number of benzene rings is 2. The van der Waals surface area contributed by atoms with E-state index in [1.54, 1.807) is 24.3 Å². The van der Waals surface area contributed by atoms with Gasteiger partial charge in [0, 0.05) is 0 Å². The van der Waals surface area contributed by atoms with Gasteiger partial charge in [0.25, 0.3) is 5.91 Å². The van der Waals surface area contributed by atoms with Crippen molar-refractivity contribution in [2.24, 2.45) is 0 Å². The van der Waals surface area contributed by atoms with Gasteiger partial charge in [0.15, 0.2) is 4.32 Å². The quantitative estimate of drug-likeness (QED) is 0.444. The van der Waals surface area contributed by atoms with E-state index < -0.39 is 5.97 Å². The zero-order chi connectivity index (χ0) is 18.7. The molecule has 0 radical (unpaired) electrons. The molecule has 1 aliphatic heterocycles. The predicted octanol–water partition coefficient (Wildman–Crippen LogP) is 4.44. The maximum absolute atomic E-state index is 12.8. The highest BCUT2D eigenvalue weighted by molar-refractivity contribution is 8.27. The van der Waals surface area contributed by atoms with Crippen molar-refractivity contribution in [1.29, 1.82) is 0 Å². The van der Waals surface area contributed by atoms with Gasteiger partial charge in [-0.3, -0.25) is 9.69 Å². The van der Waals surface area contributed by atoms with Crippen LogP contribution in [0.4, 0.5) is 5.69 Å². The molecular weight excluding hydrogens is 366 g/mol. The van der Waals surface area contributed by atoms with Crippen molar-refractivity contribution in [3.8, 4) is 0 Å². The number of carbonyl (C=O) groups excluding carboxylic acids is 2. The minimum Gasteiger partial charge on any atom is -0.465 e. The fourth-order valence-electron chi connectivity index (χ4n) is 2.56. The minimum absolute atomic E-state index is 0.162. The lowest BCUT2D eigenvalue weighted by molar-refractivity contribution is -0.113. The van der Waals surface area contributed by atoms with Crippen LogP contribution in [0, 0.1) is 0 Å². The van der Waals surface area contributed by atoms with Crippen LogP contribution in [0.1, 0.15) is 28.4 Å². The molecule has 0 bridgehead atoms. The van der Waals surface area contributed by atoms with E-state index in [0.29, 0.717) is 20.5 Å². The second-order valence-electron chi connectivity index (χ2n) is 5.65. The summed E-state index contributed by atoms with van der Waals surface area (Å²) >= 11 is 6.65. The fourth-order valence-corrected chi connectivity index (χ4v) is 3.85. The van der Waals surface area contributed by atoms with E-state index >= 15 is 0 Å². The molecule has 0 aliphatic carbocycles. The number of carbonyl (C=O) groups is 2. The Bertz CT molecular complexity index is 886. The summed E-state index contributed by atoms with van der Waals surface area (Å²) in [6, 6.07) is 14.7. The Hall–Kier alpha value is -2.44. The molecule has 2 aromatic carbocycles. The summed E-state index contributed by atoms with van der Waals surface area (Å²) in [5, 5.41) is 0. The Balaban J connectivity index is 1.84. The molecular formula is C20H17NO3S2. The van der Waals surface area contributed by atoms with E-state index in [4.69, 9.17) is 12.2 Å². The molecule has 0 atom stereocenters. The summed E-state index contributed by atoms with van der Waals surface area (Å²) in [5.41, 5.74) is 3.27. The summed E-state index contributed by atoms with van der Waals surface area (Å²) in [6.45, 7) is 2.10. The smallest absolute Gasteiger partial charge is 0.337 e. The third kappa shape index (κ3) is 3.71. The second kappa shape index (κ2) is 7.85. The Kier molecular flexibility index (Phi) is 5.54. The average Bonchev–Trinajstić information content (AvgIpc) is 2.95. The molecule has 26 heavy (non-hydrogen) atoms. The number of nitrogens with zero attached hydrogens (tertiary/aromatic N) is 1. The minimum atomic E-state index is -0.419. The summed E-state index contributed by atoms with van der Waals surface area (Å²) < 4.78 is 5.15. The van der Waals surface area contributed by atoms with Gasteiger partial charge in [-0.25, -0.2) is 4.79 Å². The van der Waals surface area contributed by atoms with Gasteiger partial charge in [-0.1, -0.05) is 55.2 Å². The van der Waals surface area contributed by atoms with Gasteiger partial charge in [-0.15, -0.1) is 0 Å². The van der Waals surface area contributed by atoms with Gasteiger partial charge in [-0.2, -0.15) is 0 Å². The van der Waals surface area contributed by atoms with E-state index in [2.05, 4.69) is 23.8 Å². The Morgan fingerprint density at radius 3 is 2.38 bits per heavy atom. The zero-order valence-electron chi connectivity index (χ0n) is 14.4. The van der Waals surface area contributed by atoms with Crippen LogP contribution in [-0.4, -0.2) is 23.3 Å². The Labute approximate surface area is 161 Å². The number of aryl methyl sites for hydroxylation is 1. The van der Waals surface area contributed by atoms with E-state index in [1.807, 2.05) is 18.2 Å². The van der Waals surface area contributed by atoms with Crippen LogP contribution in [0.2, 0.25) is 0 Å². The van der Waals surface area contributed by atoms with Crippen molar-refractivity contribution in [2.75, 3.05) is 12.0 Å². The van der Waals surface area contributed by atoms with Gasteiger partial charge >= 0.3 is 5.97 Å². The van der Waals surface area contributed by atoms with E-state index in [-0.39, 0.29) is 5.91 Å². The fraction of sp³-hybridized carbons (Fsp3) is 0.150. The average molecular weight is 383 g/mol. The van der Waals surface area contributed by atoms with Crippen molar-refractivity contribution in [3.05, 3.63) is 70.1 Å². The number of ether oxygens (including phenoxy) is 1. The van der Waals surface area contributed by atoms with Crippen LogP contribution in [0.15, 0.2) is 53.4 Å². The number of anilines is 1. The molecule has 1 aliphatic rings. The Morgan fingerprint density at radius 1 is 1.15 bits per heavy atom. The molecule has 1 saturated heterocycles. The van der Waals surface area contributed by atoms with Crippen LogP contribution in [0.5, 0.6) is 0 Å². The molecule has 1 amide bonds. The molecule has 0 spiro atoms. The molecule has 0 unspecified atom stereocenters. The van der Waals surface area contributed by atoms with Crippen LogP contribution in [0.3, 0.4) is 0 Å². The first-order valence-electron chi connectivity index (χ1n) is 8.08. The molecule has 0 aromatic heterocycles. The Morgan fingerprint density at radius 2 is 1.81 bits per heavy atom. The van der Waals surface area contributed by atoms with Gasteiger partial charge in [0.1, 0.15) is 0 Å². The molecule has 4 nitrogen and oxygen atoms in total. The predicted molar refractivity (Wildman–Crippen MR) is 109 cm³/mol. The highest BCUT2D eigenvalue weighted by atomic mass is 32.2. The van der Waals surface area contributed by atoms with Crippen molar-refractivity contribution in [1.82, 2.24) is 0 Å². The number of hydrogen-bond acceptors (Lipinski definition) is 5. The summed E-state index contributed by atoms with van der Waals surface area (Å²) in [5.74, 6) is -0.581. The van der Waals surface area contributed by atoms with Crippen LogP contribution < -0.4 is 4.90 Å². The topological polar surface area (TPSA) is 46.6 Å². The first-order chi connectivity index (χ1) is 12.5. The number of rotatable bonds is 4. The standard InChI is InChI=1S/C20H17NO3S2/c1-3-13-4-6-14(7-5-13)12-17-18(22)21(20(25)26-17)16-10-8-15(9-11-16)19(23)24-2/h4-12H,3H2,1-2H3/b17-12-. The maximum Gasteiger partial charge on any atom is 0.337 e. The lowest BCUT2D eigenvalue weighted by atomic mass is 10.1. The lowest BCUT2D eigenvalue weighted by Crippen LogP contribution is -2.27. The normalized spacial score (nSPS) is 15.6. The molecule has 3 rings (SSSR count). The molecule has 6 heteroatoms.